The van der Waals surface area contributed by atoms with Crippen LogP contribution in [0.1, 0.15) is 19.8 Å². The average molecular weight is 299 g/mol. The predicted molar refractivity (Wildman–Crippen MR) is 76.7 cm³/mol. The summed E-state index contributed by atoms with van der Waals surface area (Å²) in [6, 6.07) is 3.36. The van der Waals surface area contributed by atoms with E-state index in [-0.39, 0.29) is 24.5 Å². The number of anilines is 1. The Morgan fingerprint density at radius 3 is 2.75 bits per heavy atom. The molecule has 1 atom stereocenters. The van der Waals surface area contributed by atoms with Gasteiger partial charge in [0.05, 0.1) is 6.61 Å². The first kappa shape index (κ1) is 15.0. The summed E-state index contributed by atoms with van der Waals surface area (Å²) in [5.74, 6) is 0.811. The molecule has 0 aromatic carbocycles. The van der Waals surface area contributed by atoms with Gasteiger partial charge in [0.15, 0.2) is 11.0 Å². The van der Waals surface area contributed by atoms with Crippen molar-refractivity contribution in [3.05, 3.63) is 17.3 Å². The van der Waals surface area contributed by atoms with Crippen molar-refractivity contribution in [1.82, 2.24) is 15.5 Å². The normalized spacial score (nSPS) is 17.9. The second-order valence-electron chi connectivity index (χ2n) is 5.07. The molecule has 2 N–H and O–H groups in total. The lowest BCUT2D eigenvalue weighted by molar-refractivity contribution is -0.126. The fourth-order valence-electron chi connectivity index (χ4n) is 2.25. The minimum atomic E-state index is -0.192. The van der Waals surface area contributed by atoms with Crippen molar-refractivity contribution in [2.45, 2.75) is 25.8 Å². The molecular weight excluding hydrogens is 280 g/mol. The van der Waals surface area contributed by atoms with Crippen LogP contribution in [0.25, 0.3) is 0 Å². The highest BCUT2D eigenvalue weighted by atomic mass is 35.5. The Morgan fingerprint density at radius 1 is 1.50 bits per heavy atom. The first-order valence-corrected chi connectivity index (χ1v) is 7.13. The molecule has 110 valence electrons. The van der Waals surface area contributed by atoms with Gasteiger partial charge in [0.1, 0.15) is 0 Å². The standard InChI is InChI=1S/C13H19ClN4O2/c1-9(8-19)15-13(20)10-4-6-18(7-5-10)12-3-2-11(14)16-17-12/h2-3,9-10,19H,4-8H2,1H3,(H,15,20)/t9-/m0/s1. The van der Waals surface area contributed by atoms with E-state index in [1.54, 1.807) is 13.0 Å². The van der Waals surface area contributed by atoms with Gasteiger partial charge in [-0.25, -0.2) is 0 Å². The summed E-state index contributed by atoms with van der Waals surface area (Å²) >= 11 is 5.71. The minimum Gasteiger partial charge on any atom is -0.394 e. The van der Waals surface area contributed by atoms with Crippen LogP contribution in [-0.4, -0.2) is 46.9 Å². The number of carbonyl (C=O) groups is 1. The number of rotatable bonds is 4. The van der Waals surface area contributed by atoms with Crippen molar-refractivity contribution in [3.63, 3.8) is 0 Å². The Hall–Kier alpha value is -1.40. The largest absolute Gasteiger partial charge is 0.394 e. The molecule has 2 heterocycles. The number of hydrogen-bond donors (Lipinski definition) is 2. The fourth-order valence-corrected chi connectivity index (χ4v) is 2.36. The van der Waals surface area contributed by atoms with Crippen LogP contribution in [0.3, 0.4) is 0 Å². The lowest BCUT2D eigenvalue weighted by Gasteiger charge is -2.32. The molecule has 7 heteroatoms. The quantitative estimate of drug-likeness (QED) is 0.861. The highest BCUT2D eigenvalue weighted by Crippen LogP contribution is 2.22. The van der Waals surface area contributed by atoms with E-state index in [1.807, 2.05) is 6.07 Å². The number of aromatic nitrogens is 2. The summed E-state index contributed by atoms with van der Waals surface area (Å²) in [6.45, 7) is 3.28. The molecule has 1 aliphatic rings. The molecule has 6 nitrogen and oxygen atoms in total. The lowest BCUT2D eigenvalue weighted by atomic mass is 9.95. The summed E-state index contributed by atoms with van der Waals surface area (Å²) in [6.07, 6.45) is 1.54. The molecule has 0 saturated carbocycles. The van der Waals surface area contributed by atoms with E-state index in [2.05, 4.69) is 20.4 Å². The van der Waals surface area contributed by atoms with Crippen LogP contribution >= 0.6 is 11.6 Å². The maximum absolute atomic E-state index is 12.0. The van der Waals surface area contributed by atoms with Gasteiger partial charge in [-0.3, -0.25) is 4.79 Å². The van der Waals surface area contributed by atoms with Gasteiger partial charge < -0.3 is 15.3 Å². The number of piperidine rings is 1. The third kappa shape index (κ3) is 3.80. The molecule has 1 aliphatic heterocycles. The zero-order valence-electron chi connectivity index (χ0n) is 11.4. The highest BCUT2D eigenvalue weighted by molar-refractivity contribution is 6.29. The van der Waals surface area contributed by atoms with E-state index in [4.69, 9.17) is 16.7 Å². The number of carbonyl (C=O) groups excluding carboxylic acids is 1. The second kappa shape index (κ2) is 6.85. The van der Waals surface area contributed by atoms with E-state index >= 15 is 0 Å². The van der Waals surface area contributed by atoms with Crippen molar-refractivity contribution in [3.8, 4) is 0 Å². The van der Waals surface area contributed by atoms with Gasteiger partial charge in [-0.1, -0.05) is 11.6 Å². The molecule has 2 rings (SSSR count). The van der Waals surface area contributed by atoms with Gasteiger partial charge in [0, 0.05) is 25.0 Å². The second-order valence-corrected chi connectivity index (χ2v) is 5.46. The average Bonchev–Trinajstić information content (AvgIpc) is 2.48. The number of aliphatic hydroxyl groups is 1. The number of aliphatic hydroxyl groups excluding tert-OH is 1. The van der Waals surface area contributed by atoms with Gasteiger partial charge in [-0.05, 0) is 31.9 Å². The monoisotopic (exact) mass is 298 g/mol. The van der Waals surface area contributed by atoms with Crippen LogP contribution in [0.15, 0.2) is 12.1 Å². The van der Waals surface area contributed by atoms with Crippen LogP contribution in [-0.2, 0) is 4.79 Å². The third-order valence-electron chi connectivity index (χ3n) is 3.47. The van der Waals surface area contributed by atoms with E-state index in [9.17, 15) is 4.79 Å². The highest BCUT2D eigenvalue weighted by Gasteiger charge is 2.26. The maximum Gasteiger partial charge on any atom is 0.223 e. The van der Waals surface area contributed by atoms with Gasteiger partial charge in [0.2, 0.25) is 5.91 Å². The SMILES string of the molecule is C[C@@H](CO)NC(=O)C1CCN(c2ccc(Cl)nn2)CC1. The summed E-state index contributed by atoms with van der Waals surface area (Å²) in [7, 11) is 0. The Kier molecular flexibility index (Phi) is 5.14. The zero-order chi connectivity index (χ0) is 14.5. The molecule has 1 fully saturated rings. The smallest absolute Gasteiger partial charge is 0.223 e. The molecule has 0 radical (unpaired) electrons. The van der Waals surface area contributed by atoms with Crippen LogP contribution < -0.4 is 10.2 Å². The van der Waals surface area contributed by atoms with Gasteiger partial charge in [0.25, 0.3) is 0 Å². The molecular formula is C13H19ClN4O2. The molecule has 0 spiro atoms. The fraction of sp³-hybridized carbons (Fsp3) is 0.615. The number of nitrogens with one attached hydrogen (secondary N) is 1. The lowest BCUT2D eigenvalue weighted by Crippen LogP contribution is -2.44. The molecule has 20 heavy (non-hydrogen) atoms. The molecule has 1 aromatic rings. The van der Waals surface area contributed by atoms with Crippen molar-refractivity contribution < 1.29 is 9.90 Å². The summed E-state index contributed by atoms with van der Waals surface area (Å²) in [5, 5.41) is 20.0. The zero-order valence-corrected chi connectivity index (χ0v) is 12.2. The van der Waals surface area contributed by atoms with Gasteiger partial charge >= 0.3 is 0 Å². The van der Waals surface area contributed by atoms with Crippen LogP contribution in [0.4, 0.5) is 5.82 Å². The Bertz CT molecular complexity index is 446. The Labute approximate surface area is 123 Å². The van der Waals surface area contributed by atoms with Crippen LogP contribution in [0.2, 0.25) is 5.15 Å². The number of nitrogens with zero attached hydrogens (tertiary/aromatic N) is 3. The summed E-state index contributed by atoms with van der Waals surface area (Å²) < 4.78 is 0. The van der Waals surface area contributed by atoms with Crippen LogP contribution in [0, 0.1) is 5.92 Å². The third-order valence-corrected chi connectivity index (χ3v) is 3.67. The van der Waals surface area contributed by atoms with Gasteiger partial charge in [-0.15, -0.1) is 10.2 Å². The van der Waals surface area contributed by atoms with E-state index < -0.39 is 0 Å². The van der Waals surface area contributed by atoms with Crippen molar-refractivity contribution in [2.24, 2.45) is 5.92 Å². The topological polar surface area (TPSA) is 78.4 Å². The molecule has 0 aliphatic carbocycles. The number of halogens is 1. The first-order valence-electron chi connectivity index (χ1n) is 6.75. The minimum absolute atomic E-state index is 0.000472. The van der Waals surface area contributed by atoms with Gasteiger partial charge in [-0.2, -0.15) is 0 Å². The van der Waals surface area contributed by atoms with Crippen molar-refractivity contribution in [2.75, 3.05) is 24.6 Å². The molecule has 0 bridgehead atoms. The Balaban J connectivity index is 1.86. The summed E-state index contributed by atoms with van der Waals surface area (Å²) in [5.41, 5.74) is 0. The maximum atomic E-state index is 12.0. The van der Waals surface area contributed by atoms with Crippen molar-refractivity contribution >= 4 is 23.3 Å². The number of hydrogen-bond acceptors (Lipinski definition) is 5. The molecule has 0 unspecified atom stereocenters. The molecule has 1 amide bonds. The predicted octanol–water partition coefficient (Wildman–Crippen LogP) is 0.843. The van der Waals surface area contributed by atoms with Crippen LogP contribution in [0.5, 0.6) is 0 Å². The Morgan fingerprint density at radius 2 is 2.20 bits per heavy atom. The first-order chi connectivity index (χ1) is 9.60. The number of amides is 1. The van der Waals surface area contributed by atoms with E-state index in [0.29, 0.717) is 5.15 Å². The molecule has 1 aromatic heterocycles. The summed E-state index contributed by atoms with van der Waals surface area (Å²) in [4.78, 5) is 14.1. The van der Waals surface area contributed by atoms with E-state index in [1.165, 1.54) is 0 Å². The van der Waals surface area contributed by atoms with E-state index in [0.717, 1.165) is 31.7 Å². The van der Waals surface area contributed by atoms with Crippen molar-refractivity contribution in [1.29, 1.82) is 0 Å². The molecule has 1 saturated heterocycles.